The van der Waals surface area contributed by atoms with Gasteiger partial charge in [-0.2, -0.15) is 0 Å². The van der Waals surface area contributed by atoms with Gasteiger partial charge in [-0.25, -0.2) is 4.90 Å². The molecule has 1 N–H and O–H groups in total. The zero-order chi connectivity index (χ0) is 16.3. The highest BCUT2D eigenvalue weighted by Crippen LogP contribution is 2.41. The molecule has 0 aliphatic carbocycles. The fourth-order valence-corrected chi connectivity index (χ4v) is 2.85. The fourth-order valence-electron chi connectivity index (χ4n) is 2.85. The van der Waals surface area contributed by atoms with Crippen LogP contribution in [0.5, 0.6) is 0 Å². The second-order valence-electron chi connectivity index (χ2n) is 5.62. The van der Waals surface area contributed by atoms with Crippen LogP contribution in [0.15, 0.2) is 54.6 Å². The SMILES string of the molecule is CCCCC#CN1C(=O)c2ccccc2C1(O)c1ccccc1. The van der Waals surface area contributed by atoms with Gasteiger partial charge in [0.05, 0.1) is 0 Å². The number of benzene rings is 2. The van der Waals surface area contributed by atoms with E-state index in [2.05, 4.69) is 18.9 Å². The highest BCUT2D eigenvalue weighted by Gasteiger charge is 2.49. The lowest BCUT2D eigenvalue weighted by Crippen LogP contribution is -2.41. The van der Waals surface area contributed by atoms with Crippen molar-refractivity contribution in [1.82, 2.24) is 4.90 Å². The second-order valence-corrected chi connectivity index (χ2v) is 5.62. The summed E-state index contributed by atoms with van der Waals surface area (Å²) in [5.74, 6) is 2.76. The molecule has 2 aromatic carbocycles. The summed E-state index contributed by atoms with van der Waals surface area (Å²) in [6.07, 6.45) is 2.74. The van der Waals surface area contributed by atoms with E-state index in [1.807, 2.05) is 36.4 Å². The standard InChI is InChI=1S/C20H19NO2/c1-2-3-4-10-15-21-19(22)17-13-8-9-14-18(17)20(21,23)16-11-6-5-7-12-16/h5-9,11-14,23H,2-4H2,1H3. The van der Waals surface area contributed by atoms with Crippen LogP contribution in [0.3, 0.4) is 0 Å². The molecule has 1 amide bonds. The molecular formula is C20H19NO2. The van der Waals surface area contributed by atoms with Crippen LogP contribution < -0.4 is 0 Å². The van der Waals surface area contributed by atoms with Crippen molar-refractivity contribution < 1.29 is 9.90 Å². The normalized spacial score (nSPS) is 19.2. The van der Waals surface area contributed by atoms with Crippen LogP contribution in [0, 0.1) is 12.0 Å². The largest absolute Gasteiger partial charge is 0.362 e. The molecule has 0 aromatic heterocycles. The molecule has 0 radical (unpaired) electrons. The lowest BCUT2D eigenvalue weighted by molar-refractivity contribution is -0.0205. The van der Waals surface area contributed by atoms with Gasteiger partial charge in [0.2, 0.25) is 5.72 Å². The van der Waals surface area contributed by atoms with Crippen molar-refractivity contribution in [2.75, 3.05) is 0 Å². The molecule has 116 valence electrons. The van der Waals surface area contributed by atoms with E-state index in [1.54, 1.807) is 18.2 Å². The number of rotatable bonds is 3. The fraction of sp³-hybridized carbons (Fsp3) is 0.250. The first-order chi connectivity index (χ1) is 11.2. The molecule has 0 saturated heterocycles. The average Bonchev–Trinajstić information content (AvgIpc) is 2.82. The predicted octanol–water partition coefficient (Wildman–Crippen LogP) is 3.49. The van der Waals surface area contributed by atoms with Crippen molar-refractivity contribution >= 4 is 5.91 Å². The topological polar surface area (TPSA) is 40.5 Å². The van der Waals surface area contributed by atoms with Gasteiger partial charge in [0.25, 0.3) is 5.91 Å². The van der Waals surface area contributed by atoms with Crippen LogP contribution in [0.2, 0.25) is 0 Å². The zero-order valence-electron chi connectivity index (χ0n) is 13.1. The van der Waals surface area contributed by atoms with Gasteiger partial charge >= 0.3 is 0 Å². The molecule has 0 bridgehead atoms. The summed E-state index contributed by atoms with van der Waals surface area (Å²) < 4.78 is 0. The molecule has 2 aromatic rings. The maximum absolute atomic E-state index is 12.7. The van der Waals surface area contributed by atoms with Gasteiger partial charge in [0.15, 0.2) is 0 Å². The van der Waals surface area contributed by atoms with Crippen LogP contribution in [0.25, 0.3) is 0 Å². The molecule has 3 heteroatoms. The molecule has 0 saturated carbocycles. The van der Waals surface area contributed by atoms with E-state index in [1.165, 1.54) is 4.90 Å². The van der Waals surface area contributed by atoms with E-state index in [4.69, 9.17) is 0 Å². The number of amides is 1. The number of nitrogens with zero attached hydrogens (tertiary/aromatic N) is 1. The number of unbranched alkanes of at least 4 members (excludes halogenated alkanes) is 2. The van der Waals surface area contributed by atoms with E-state index >= 15 is 0 Å². The number of hydrogen-bond donors (Lipinski definition) is 1. The van der Waals surface area contributed by atoms with Gasteiger partial charge in [-0.3, -0.25) is 4.79 Å². The maximum atomic E-state index is 12.7. The quantitative estimate of drug-likeness (QED) is 0.696. The first-order valence-electron chi connectivity index (χ1n) is 7.90. The Balaban J connectivity index is 2.11. The smallest absolute Gasteiger partial charge is 0.268 e. The van der Waals surface area contributed by atoms with Crippen LogP contribution in [-0.2, 0) is 5.72 Å². The molecular weight excluding hydrogens is 286 g/mol. The zero-order valence-corrected chi connectivity index (χ0v) is 13.1. The second kappa shape index (κ2) is 6.28. The lowest BCUT2D eigenvalue weighted by atomic mass is 9.94. The molecule has 1 aliphatic heterocycles. The van der Waals surface area contributed by atoms with E-state index in [9.17, 15) is 9.90 Å². The van der Waals surface area contributed by atoms with Crippen molar-refractivity contribution in [1.29, 1.82) is 0 Å². The van der Waals surface area contributed by atoms with E-state index < -0.39 is 5.72 Å². The maximum Gasteiger partial charge on any atom is 0.268 e. The van der Waals surface area contributed by atoms with Crippen molar-refractivity contribution in [3.05, 3.63) is 71.3 Å². The Morgan fingerprint density at radius 3 is 2.52 bits per heavy atom. The predicted molar refractivity (Wildman–Crippen MR) is 89.4 cm³/mol. The summed E-state index contributed by atoms with van der Waals surface area (Å²) in [5.41, 5.74) is 0.196. The average molecular weight is 305 g/mol. The Hall–Kier alpha value is -2.57. The van der Waals surface area contributed by atoms with Crippen LogP contribution in [-0.4, -0.2) is 15.9 Å². The number of aliphatic hydroxyl groups is 1. The number of carbonyl (C=O) groups is 1. The Bertz CT molecular complexity index is 773. The third-order valence-corrected chi connectivity index (χ3v) is 4.08. The van der Waals surface area contributed by atoms with Gasteiger partial charge in [-0.15, -0.1) is 0 Å². The summed E-state index contributed by atoms with van der Waals surface area (Å²) >= 11 is 0. The van der Waals surface area contributed by atoms with Gasteiger partial charge in [-0.05, 0) is 12.5 Å². The molecule has 3 rings (SSSR count). The minimum Gasteiger partial charge on any atom is -0.362 e. The molecule has 3 nitrogen and oxygen atoms in total. The third kappa shape index (κ3) is 2.52. The summed E-state index contributed by atoms with van der Waals surface area (Å²) in [5, 5.41) is 11.4. The van der Waals surface area contributed by atoms with Crippen molar-refractivity contribution in [3.8, 4) is 12.0 Å². The van der Waals surface area contributed by atoms with E-state index in [0.29, 0.717) is 23.1 Å². The van der Waals surface area contributed by atoms with E-state index in [0.717, 1.165) is 12.8 Å². The van der Waals surface area contributed by atoms with Gasteiger partial charge in [0.1, 0.15) is 0 Å². The van der Waals surface area contributed by atoms with Gasteiger partial charge < -0.3 is 5.11 Å². The molecule has 1 aliphatic rings. The highest BCUT2D eigenvalue weighted by molar-refractivity contribution is 6.01. The Kier molecular flexibility index (Phi) is 4.18. The number of carbonyl (C=O) groups excluding carboxylic acids is 1. The number of hydrogen-bond acceptors (Lipinski definition) is 2. The first-order valence-corrected chi connectivity index (χ1v) is 7.90. The molecule has 1 unspecified atom stereocenters. The first kappa shape index (κ1) is 15.3. The van der Waals surface area contributed by atoms with Crippen LogP contribution in [0.4, 0.5) is 0 Å². The Labute approximate surface area is 136 Å². The number of fused-ring (bicyclic) bond motifs is 1. The monoisotopic (exact) mass is 305 g/mol. The highest BCUT2D eigenvalue weighted by atomic mass is 16.3. The molecule has 0 spiro atoms. The molecule has 0 fully saturated rings. The van der Waals surface area contributed by atoms with Crippen molar-refractivity contribution in [3.63, 3.8) is 0 Å². The third-order valence-electron chi connectivity index (χ3n) is 4.08. The van der Waals surface area contributed by atoms with Crippen LogP contribution in [0.1, 0.15) is 47.7 Å². The summed E-state index contributed by atoms with van der Waals surface area (Å²) in [7, 11) is 0. The van der Waals surface area contributed by atoms with E-state index in [-0.39, 0.29) is 5.91 Å². The summed E-state index contributed by atoms with van der Waals surface area (Å²) in [4.78, 5) is 14.0. The van der Waals surface area contributed by atoms with Gasteiger partial charge in [-0.1, -0.05) is 67.8 Å². The van der Waals surface area contributed by atoms with Crippen LogP contribution >= 0.6 is 0 Å². The van der Waals surface area contributed by atoms with Gasteiger partial charge in [0, 0.05) is 29.2 Å². The van der Waals surface area contributed by atoms with Crippen molar-refractivity contribution in [2.45, 2.75) is 31.9 Å². The molecule has 1 heterocycles. The summed E-state index contributed by atoms with van der Waals surface area (Å²) in [6.45, 7) is 2.10. The Morgan fingerprint density at radius 2 is 1.78 bits per heavy atom. The molecule has 23 heavy (non-hydrogen) atoms. The Morgan fingerprint density at radius 1 is 1.09 bits per heavy atom. The minimum absolute atomic E-state index is 0.254. The lowest BCUT2D eigenvalue weighted by Gasteiger charge is -2.30. The summed E-state index contributed by atoms with van der Waals surface area (Å²) in [6, 6.07) is 19.2. The molecule has 1 atom stereocenters. The minimum atomic E-state index is -1.53. The van der Waals surface area contributed by atoms with Crippen molar-refractivity contribution in [2.24, 2.45) is 0 Å².